The monoisotopic (exact) mass is 235 g/mol. The van der Waals surface area contributed by atoms with E-state index in [1.807, 2.05) is 6.26 Å². The van der Waals surface area contributed by atoms with Crippen LogP contribution in [0.3, 0.4) is 0 Å². The predicted octanol–water partition coefficient (Wildman–Crippen LogP) is 4.11. The highest BCUT2D eigenvalue weighted by atomic mass is 32.2. The van der Waals surface area contributed by atoms with E-state index in [2.05, 4.69) is 0 Å². The summed E-state index contributed by atoms with van der Waals surface area (Å²) in [4.78, 5) is 0.921. The van der Waals surface area contributed by atoms with E-state index in [1.165, 1.54) is 23.9 Å². The van der Waals surface area contributed by atoms with Crippen LogP contribution in [0.1, 0.15) is 5.56 Å². The lowest BCUT2D eigenvalue weighted by Crippen LogP contribution is -2.15. The largest absolute Gasteiger partial charge is 0.537 e. The van der Waals surface area contributed by atoms with Crippen molar-refractivity contribution < 1.29 is 17.3 Å². The number of hydrogen-bond acceptors (Lipinski definition) is 1. The molecule has 6 heteroatoms. The van der Waals surface area contributed by atoms with Crippen LogP contribution in [0.4, 0.5) is 17.3 Å². The lowest BCUT2D eigenvalue weighted by molar-refractivity contribution is 0.454. The minimum absolute atomic E-state index is 0.213. The van der Waals surface area contributed by atoms with Gasteiger partial charge in [0.15, 0.2) is 0 Å². The van der Waals surface area contributed by atoms with Crippen molar-refractivity contribution in [2.75, 3.05) is 6.26 Å². The maximum absolute atomic E-state index is 12.5. The molecule has 1 aromatic carbocycles. The molecule has 0 saturated heterocycles. The number of halogens is 4. The van der Waals surface area contributed by atoms with E-state index in [-0.39, 0.29) is 5.56 Å². The molecule has 0 N–H and O–H groups in total. The summed E-state index contributed by atoms with van der Waals surface area (Å²) in [6.45, 7) is -5.52. The minimum atomic E-state index is -5.52. The Bertz CT molecular complexity index is 355. The van der Waals surface area contributed by atoms with Gasteiger partial charge < -0.3 is 12.9 Å². The first-order chi connectivity index (χ1) is 6.93. The van der Waals surface area contributed by atoms with Gasteiger partial charge in [0.2, 0.25) is 0 Å². The molecule has 0 aliphatic heterocycles. The molecule has 1 aromatic rings. The molecule has 82 valence electrons. The third-order valence-electron chi connectivity index (χ3n) is 1.73. The molecule has 0 aliphatic rings. The highest BCUT2D eigenvalue weighted by Crippen LogP contribution is 2.24. The molecule has 0 radical (unpaired) electrons. The average molecular weight is 235 g/mol. The lowest BCUT2D eigenvalue weighted by atomic mass is 9.88. The Morgan fingerprint density at radius 1 is 1.20 bits per heavy atom. The molecule has 0 aliphatic carbocycles. The van der Waals surface area contributed by atoms with E-state index in [0.717, 1.165) is 4.90 Å². The van der Waals surface area contributed by atoms with Gasteiger partial charge in [0.1, 0.15) is 0 Å². The molecule has 0 spiro atoms. The maximum Gasteiger partial charge on any atom is 0.537 e. The van der Waals surface area contributed by atoms with Crippen molar-refractivity contribution in [3.63, 3.8) is 0 Å². The Labute approximate surface area is 89.4 Å². The zero-order chi connectivity index (χ0) is 11.5. The summed E-state index contributed by atoms with van der Waals surface area (Å²) in [5, 5.41) is 0. The van der Waals surface area contributed by atoms with Gasteiger partial charge in [-0.3, -0.25) is 0 Å². The normalized spacial score (nSPS) is 13.0. The van der Waals surface area contributed by atoms with Crippen LogP contribution in [-0.4, -0.2) is 13.2 Å². The Morgan fingerprint density at radius 2 is 1.73 bits per heavy atom. The summed E-state index contributed by atoms with van der Waals surface area (Å²) in [6, 6.07) is 6.20. The van der Waals surface area contributed by atoms with Gasteiger partial charge in [0.05, 0.1) is 0 Å². The van der Waals surface area contributed by atoms with Crippen LogP contribution in [0.15, 0.2) is 34.9 Å². The first kappa shape index (κ1) is 12.2. The summed E-state index contributed by atoms with van der Waals surface area (Å²) in [5.41, 5.74) is -1.81. The minimum Gasteiger partial charge on any atom is -0.443 e. The number of benzene rings is 1. The van der Waals surface area contributed by atoms with Gasteiger partial charge in [-0.05, 0) is 24.0 Å². The molecule has 0 atom stereocenters. The average Bonchev–Trinajstić information content (AvgIpc) is 2.17. The van der Waals surface area contributed by atoms with E-state index in [1.54, 1.807) is 12.1 Å². The van der Waals surface area contributed by atoms with Crippen molar-refractivity contribution in [2.45, 2.75) is 4.90 Å². The van der Waals surface area contributed by atoms with Gasteiger partial charge in [0, 0.05) is 10.6 Å². The molecule has 0 amide bonds. The van der Waals surface area contributed by atoms with Crippen LogP contribution in [-0.2, 0) is 0 Å². The van der Waals surface area contributed by atoms with E-state index in [9.17, 15) is 17.3 Å². The van der Waals surface area contributed by atoms with Crippen LogP contribution in [0, 0.1) is 0 Å². The Hall–Kier alpha value is -0.905. The molecule has 1 rings (SSSR count). The second-order valence-electron chi connectivity index (χ2n) is 2.88. The molecule has 15 heavy (non-hydrogen) atoms. The molecule has 0 nitrogen and oxygen atoms in total. The SMILES string of the molecule is CSc1ccc(/C=C(\F)[B-](F)(F)F)cc1. The Balaban J connectivity index is 2.89. The van der Waals surface area contributed by atoms with E-state index >= 15 is 0 Å². The van der Waals surface area contributed by atoms with Crippen molar-refractivity contribution >= 4 is 24.8 Å². The highest BCUT2D eigenvalue weighted by Gasteiger charge is 2.29. The summed E-state index contributed by atoms with van der Waals surface area (Å²) in [7, 11) is 0. The molecule has 0 aromatic heterocycles. The number of hydrogen-bond donors (Lipinski definition) is 0. The van der Waals surface area contributed by atoms with E-state index in [0.29, 0.717) is 6.08 Å². The summed E-state index contributed by atoms with van der Waals surface area (Å²) in [5.74, 6) is 0. The van der Waals surface area contributed by atoms with Crippen LogP contribution < -0.4 is 0 Å². The fourth-order valence-corrected chi connectivity index (χ4v) is 1.36. The highest BCUT2D eigenvalue weighted by molar-refractivity contribution is 7.98. The third-order valence-corrected chi connectivity index (χ3v) is 2.48. The Morgan fingerprint density at radius 3 is 2.13 bits per heavy atom. The topological polar surface area (TPSA) is 0 Å². The van der Waals surface area contributed by atoms with Crippen LogP contribution in [0.5, 0.6) is 0 Å². The quantitative estimate of drug-likeness (QED) is 0.431. The molecule has 0 unspecified atom stereocenters. The third kappa shape index (κ3) is 3.62. The molecular formula is C9H8BF4S-. The first-order valence-corrected chi connectivity index (χ1v) is 5.37. The van der Waals surface area contributed by atoms with Crippen LogP contribution >= 0.6 is 11.8 Å². The smallest absolute Gasteiger partial charge is 0.443 e. The Kier molecular flexibility index (Phi) is 3.85. The van der Waals surface area contributed by atoms with Gasteiger partial charge in [-0.2, -0.15) is 0 Å². The molecule has 0 heterocycles. The predicted molar refractivity (Wildman–Crippen MR) is 56.4 cm³/mol. The summed E-state index contributed by atoms with van der Waals surface area (Å²) < 4.78 is 48.2. The van der Waals surface area contributed by atoms with E-state index in [4.69, 9.17) is 0 Å². The standard InChI is InChI=1S/C9H8BF4S/c1-15-8-4-2-7(3-5-8)6-9(11)10(12,13)14/h2-6H,1H3/q-1/b9-6-. The molecular weight excluding hydrogens is 227 g/mol. The van der Waals surface area contributed by atoms with Crippen LogP contribution in [0.25, 0.3) is 6.08 Å². The zero-order valence-electron chi connectivity index (χ0n) is 7.88. The van der Waals surface area contributed by atoms with E-state index < -0.39 is 12.7 Å². The molecule has 0 saturated carbocycles. The van der Waals surface area contributed by atoms with Crippen molar-refractivity contribution in [3.8, 4) is 0 Å². The second kappa shape index (κ2) is 4.74. The number of rotatable bonds is 3. The molecule has 0 fully saturated rings. The second-order valence-corrected chi connectivity index (χ2v) is 3.76. The summed E-state index contributed by atoms with van der Waals surface area (Å²) in [6.07, 6.45) is 2.36. The maximum atomic E-state index is 12.5. The van der Waals surface area contributed by atoms with Gasteiger partial charge in [0.25, 0.3) is 0 Å². The van der Waals surface area contributed by atoms with Crippen molar-refractivity contribution in [1.29, 1.82) is 0 Å². The van der Waals surface area contributed by atoms with Crippen LogP contribution in [0.2, 0.25) is 0 Å². The summed E-state index contributed by atoms with van der Waals surface area (Å²) >= 11 is 1.47. The van der Waals surface area contributed by atoms with Crippen molar-refractivity contribution in [2.24, 2.45) is 0 Å². The zero-order valence-corrected chi connectivity index (χ0v) is 8.70. The van der Waals surface area contributed by atoms with Gasteiger partial charge in [-0.1, -0.05) is 18.2 Å². The molecule has 0 bridgehead atoms. The van der Waals surface area contributed by atoms with Gasteiger partial charge >= 0.3 is 6.98 Å². The van der Waals surface area contributed by atoms with Gasteiger partial charge in [-0.15, -0.1) is 11.8 Å². The first-order valence-electron chi connectivity index (χ1n) is 4.14. The van der Waals surface area contributed by atoms with Crippen molar-refractivity contribution in [1.82, 2.24) is 0 Å². The fraction of sp³-hybridized carbons (Fsp3) is 0.111. The lowest BCUT2D eigenvalue weighted by Gasteiger charge is -2.10. The van der Waals surface area contributed by atoms with Gasteiger partial charge in [-0.25, -0.2) is 4.39 Å². The fourth-order valence-electron chi connectivity index (χ4n) is 0.954. The van der Waals surface area contributed by atoms with Crippen molar-refractivity contribution in [3.05, 3.63) is 35.6 Å². The number of thioether (sulfide) groups is 1.